The number of amides is 1. The third kappa shape index (κ3) is 5.49. The maximum Gasteiger partial charge on any atom is 0.271 e. The van der Waals surface area contributed by atoms with Crippen molar-refractivity contribution in [3.8, 4) is 0 Å². The summed E-state index contributed by atoms with van der Waals surface area (Å²) in [6, 6.07) is 21.0. The predicted octanol–water partition coefficient (Wildman–Crippen LogP) is 3.12. The topological polar surface area (TPSA) is 118 Å². The van der Waals surface area contributed by atoms with Crippen molar-refractivity contribution in [2.75, 3.05) is 5.32 Å². The van der Waals surface area contributed by atoms with Crippen LogP contribution in [0.5, 0.6) is 0 Å². The molecule has 30 heavy (non-hydrogen) atoms. The Morgan fingerprint density at radius 1 is 0.933 bits per heavy atom. The molecule has 2 N–H and O–H groups in total. The van der Waals surface area contributed by atoms with Gasteiger partial charge in [0.25, 0.3) is 5.69 Å². The molecule has 0 saturated carbocycles. The summed E-state index contributed by atoms with van der Waals surface area (Å²) in [5.41, 5.74) is 0.774. The Morgan fingerprint density at radius 2 is 1.57 bits per heavy atom. The predicted molar refractivity (Wildman–Crippen MR) is 112 cm³/mol. The fraction of sp³-hybridized carbons (Fsp3) is 0.0952. The van der Waals surface area contributed by atoms with Gasteiger partial charge in [-0.25, -0.2) is 8.42 Å². The summed E-state index contributed by atoms with van der Waals surface area (Å²) in [6.45, 7) is 0. The van der Waals surface area contributed by atoms with E-state index < -0.39 is 26.9 Å². The summed E-state index contributed by atoms with van der Waals surface area (Å²) < 4.78 is 27.9. The van der Waals surface area contributed by atoms with Crippen LogP contribution in [0.25, 0.3) is 0 Å². The molecule has 0 aliphatic heterocycles. The SMILES string of the molecule is O=C(Nc1cccc([N+](=O)[O-])c1)[C@H](Cc1ccccc1)NS(=O)(=O)c1ccccc1. The summed E-state index contributed by atoms with van der Waals surface area (Å²) in [5.74, 6) is -0.626. The number of nitrogens with zero attached hydrogens (tertiary/aromatic N) is 1. The Labute approximate surface area is 173 Å². The Bertz CT molecular complexity index is 1140. The van der Waals surface area contributed by atoms with E-state index in [-0.39, 0.29) is 22.7 Å². The minimum Gasteiger partial charge on any atom is -0.324 e. The normalized spacial score (nSPS) is 12.1. The molecular formula is C21H19N3O5S. The summed E-state index contributed by atoms with van der Waals surface area (Å²) in [6.07, 6.45) is 0.105. The molecule has 0 aromatic heterocycles. The van der Waals surface area contributed by atoms with Crippen LogP contribution < -0.4 is 10.0 Å². The summed E-state index contributed by atoms with van der Waals surface area (Å²) in [4.78, 5) is 23.3. The number of sulfonamides is 1. The van der Waals surface area contributed by atoms with E-state index >= 15 is 0 Å². The number of non-ortho nitro benzene ring substituents is 1. The Kier molecular flexibility index (Phi) is 6.55. The molecule has 0 bridgehead atoms. The second-order valence-corrected chi connectivity index (χ2v) is 8.19. The van der Waals surface area contributed by atoms with Gasteiger partial charge in [0.05, 0.1) is 9.82 Å². The lowest BCUT2D eigenvalue weighted by molar-refractivity contribution is -0.384. The van der Waals surface area contributed by atoms with Crippen LogP contribution in [0.2, 0.25) is 0 Å². The maximum atomic E-state index is 12.9. The largest absolute Gasteiger partial charge is 0.324 e. The van der Waals surface area contributed by atoms with Gasteiger partial charge in [-0.05, 0) is 30.2 Å². The van der Waals surface area contributed by atoms with Crippen LogP contribution in [0.3, 0.4) is 0 Å². The van der Waals surface area contributed by atoms with Crippen molar-refractivity contribution in [3.05, 3.63) is 101 Å². The van der Waals surface area contributed by atoms with E-state index in [0.29, 0.717) is 0 Å². The Balaban J connectivity index is 1.86. The zero-order valence-electron chi connectivity index (χ0n) is 15.8. The van der Waals surface area contributed by atoms with Crippen molar-refractivity contribution >= 4 is 27.3 Å². The Hall–Kier alpha value is -3.56. The molecular weight excluding hydrogens is 406 g/mol. The van der Waals surface area contributed by atoms with E-state index in [2.05, 4.69) is 10.0 Å². The molecule has 1 amide bonds. The first-order valence-corrected chi connectivity index (χ1v) is 10.5. The van der Waals surface area contributed by atoms with Gasteiger partial charge in [-0.15, -0.1) is 0 Å². The van der Waals surface area contributed by atoms with Crippen molar-refractivity contribution < 1.29 is 18.1 Å². The van der Waals surface area contributed by atoms with Crippen molar-refractivity contribution in [2.45, 2.75) is 17.4 Å². The molecule has 0 saturated heterocycles. The highest BCUT2D eigenvalue weighted by atomic mass is 32.2. The summed E-state index contributed by atoms with van der Waals surface area (Å²) in [5, 5.41) is 13.5. The van der Waals surface area contributed by atoms with Crippen molar-refractivity contribution in [1.29, 1.82) is 0 Å². The van der Waals surface area contributed by atoms with E-state index in [1.165, 1.54) is 36.4 Å². The van der Waals surface area contributed by atoms with Crippen LogP contribution >= 0.6 is 0 Å². The van der Waals surface area contributed by atoms with Crippen molar-refractivity contribution in [2.24, 2.45) is 0 Å². The van der Waals surface area contributed by atoms with Gasteiger partial charge in [0.2, 0.25) is 15.9 Å². The van der Waals surface area contributed by atoms with E-state index in [1.807, 2.05) is 6.07 Å². The highest BCUT2D eigenvalue weighted by Crippen LogP contribution is 2.18. The molecule has 154 valence electrons. The first-order valence-electron chi connectivity index (χ1n) is 9.02. The lowest BCUT2D eigenvalue weighted by Crippen LogP contribution is -2.45. The zero-order valence-corrected chi connectivity index (χ0v) is 16.6. The molecule has 0 radical (unpaired) electrons. The molecule has 1 atom stereocenters. The number of nitrogens with one attached hydrogen (secondary N) is 2. The van der Waals surface area contributed by atoms with Crippen LogP contribution in [0.1, 0.15) is 5.56 Å². The molecule has 8 nitrogen and oxygen atoms in total. The molecule has 0 aliphatic rings. The fourth-order valence-electron chi connectivity index (χ4n) is 2.82. The van der Waals surface area contributed by atoms with Gasteiger partial charge in [0.15, 0.2) is 0 Å². The van der Waals surface area contributed by atoms with Gasteiger partial charge in [-0.1, -0.05) is 54.6 Å². The molecule has 9 heteroatoms. The molecule has 0 heterocycles. The van der Waals surface area contributed by atoms with Crippen LogP contribution in [0, 0.1) is 10.1 Å². The van der Waals surface area contributed by atoms with Crippen LogP contribution in [-0.4, -0.2) is 25.3 Å². The summed E-state index contributed by atoms with van der Waals surface area (Å²) >= 11 is 0. The second kappa shape index (κ2) is 9.29. The van der Waals surface area contributed by atoms with Crippen LogP contribution in [0.4, 0.5) is 11.4 Å². The number of benzene rings is 3. The Morgan fingerprint density at radius 3 is 2.20 bits per heavy atom. The summed E-state index contributed by atoms with van der Waals surface area (Å²) in [7, 11) is -3.96. The van der Waals surface area contributed by atoms with Gasteiger partial charge >= 0.3 is 0 Å². The number of nitro groups is 1. The third-order valence-electron chi connectivity index (χ3n) is 4.27. The van der Waals surface area contributed by atoms with Gasteiger partial charge in [-0.2, -0.15) is 4.72 Å². The third-order valence-corrected chi connectivity index (χ3v) is 5.76. The lowest BCUT2D eigenvalue weighted by atomic mass is 10.1. The number of anilines is 1. The fourth-order valence-corrected chi connectivity index (χ4v) is 4.04. The lowest BCUT2D eigenvalue weighted by Gasteiger charge is -2.19. The zero-order chi connectivity index (χ0) is 21.6. The minimum atomic E-state index is -3.96. The van der Waals surface area contributed by atoms with Gasteiger partial charge in [0, 0.05) is 17.8 Å². The standard InChI is InChI=1S/C21H19N3O5S/c25-21(22-17-10-7-11-18(15-17)24(26)27)20(14-16-8-3-1-4-9-16)23-30(28,29)19-12-5-2-6-13-19/h1-13,15,20,23H,14H2,(H,22,25)/t20-/m0/s1. The second-order valence-electron chi connectivity index (χ2n) is 6.47. The number of nitro benzene ring substituents is 1. The quantitative estimate of drug-likeness (QED) is 0.425. The van der Waals surface area contributed by atoms with E-state index in [0.717, 1.165) is 5.56 Å². The molecule has 0 fully saturated rings. The average molecular weight is 425 g/mol. The minimum absolute atomic E-state index is 0.0335. The smallest absolute Gasteiger partial charge is 0.271 e. The highest BCUT2D eigenvalue weighted by molar-refractivity contribution is 7.89. The number of hydrogen-bond donors (Lipinski definition) is 2. The maximum absolute atomic E-state index is 12.9. The molecule has 3 aromatic carbocycles. The average Bonchev–Trinajstić information content (AvgIpc) is 2.74. The van der Waals surface area contributed by atoms with Gasteiger partial charge < -0.3 is 5.32 Å². The van der Waals surface area contributed by atoms with E-state index in [9.17, 15) is 23.3 Å². The number of rotatable bonds is 8. The van der Waals surface area contributed by atoms with E-state index in [1.54, 1.807) is 42.5 Å². The number of carbonyl (C=O) groups is 1. The molecule has 0 unspecified atom stereocenters. The number of carbonyl (C=O) groups excluding carboxylic acids is 1. The molecule has 3 rings (SSSR count). The van der Waals surface area contributed by atoms with Crippen molar-refractivity contribution in [3.63, 3.8) is 0 Å². The van der Waals surface area contributed by atoms with Gasteiger partial charge in [0.1, 0.15) is 6.04 Å². The van der Waals surface area contributed by atoms with Crippen LogP contribution in [-0.2, 0) is 21.2 Å². The molecule has 0 aliphatic carbocycles. The van der Waals surface area contributed by atoms with Crippen molar-refractivity contribution in [1.82, 2.24) is 4.72 Å². The van der Waals surface area contributed by atoms with E-state index in [4.69, 9.17) is 0 Å². The monoisotopic (exact) mass is 425 g/mol. The number of hydrogen-bond acceptors (Lipinski definition) is 5. The molecule has 0 spiro atoms. The van der Waals surface area contributed by atoms with Gasteiger partial charge in [-0.3, -0.25) is 14.9 Å². The first-order chi connectivity index (χ1) is 14.3. The first kappa shape index (κ1) is 21.2. The molecule has 3 aromatic rings. The van der Waals surface area contributed by atoms with Crippen LogP contribution in [0.15, 0.2) is 89.8 Å². The highest BCUT2D eigenvalue weighted by Gasteiger charge is 2.26.